The fraction of sp³-hybridized carbons (Fsp3) is 0.481. The van der Waals surface area contributed by atoms with Crippen molar-refractivity contribution in [1.29, 1.82) is 0 Å². The number of phenolic OH excluding ortho intramolecular Hbond substituents is 1. The highest BCUT2D eigenvalue weighted by Gasteiger charge is 2.20. The van der Waals surface area contributed by atoms with Crippen molar-refractivity contribution in [3.8, 4) is 5.75 Å². The molecule has 0 aliphatic carbocycles. The topological polar surface area (TPSA) is 86.6 Å². The van der Waals surface area contributed by atoms with Crippen LogP contribution in [-0.2, 0) is 16.0 Å². The predicted molar refractivity (Wildman–Crippen MR) is 131 cm³/mol. The first-order valence-corrected chi connectivity index (χ1v) is 11.8. The van der Waals surface area contributed by atoms with Crippen LogP contribution in [0.25, 0.3) is 0 Å². The highest BCUT2D eigenvalue weighted by molar-refractivity contribution is 5.83. The van der Waals surface area contributed by atoms with E-state index < -0.39 is 12.0 Å². The number of carboxylic acids is 1. The maximum absolute atomic E-state index is 12.1. The highest BCUT2D eigenvalue weighted by Crippen LogP contribution is 2.12. The Kier molecular flexibility index (Phi) is 15.2. The molecule has 0 radical (unpaired) electrons. The molecule has 0 spiro atoms. The third kappa shape index (κ3) is 14.2. The summed E-state index contributed by atoms with van der Waals surface area (Å²) in [6, 6.07) is 5.39. The molecule has 3 N–H and O–H groups in total. The number of nitrogens with one attached hydrogen (secondary N) is 1. The van der Waals surface area contributed by atoms with E-state index in [1.54, 1.807) is 12.1 Å². The number of hydrogen-bond acceptors (Lipinski definition) is 3. The van der Waals surface area contributed by atoms with Gasteiger partial charge in [-0.05, 0) is 56.2 Å². The van der Waals surface area contributed by atoms with Gasteiger partial charge >= 0.3 is 5.97 Å². The van der Waals surface area contributed by atoms with Crippen LogP contribution >= 0.6 is 0 Å². The van der Waals surface area contributed by atoms with Crippen LogP contribution in [0, 0.1) is 0 Å². The Bertz CT molecular complexity index is 735. The Hall–Kier alpha value is -2.82. The van der Waals surface area contributed by atoms with Crippen LogP contribution in [0.1, 0.15) is 76.7 Å². The van der Waals surface area contributed by atoms with E-state index in [0.29, 0.717) is 6.42 Å². The van der Waals surface area contributed by atoms with Crippen molar-refractivity contribution in [3.05, 3.63) is 66.3 Å². The normalized spacial score (nSPS) is 12.7. The van der Waals surface area contributed by atoms with Gasteiger partial charge in [-0.2, -0.15) is 0 Å². The molecule has 1 rings (SSSR count). The minimum Gasteiger partial charge on any atom is -0.508 e. The predicted octanol–water partition coefficient (Wildman–Crippen LogP) is 6.09. The van der Waals surface area contributed by atoms with Gasteiger partial charge in [-0.15, -0.1) is 0 Å². The molecule has 1 aromatic carbocycles. The second-order valence-corrected chi connectivity index (χ2v) is 7.93. The second kappa shape index (κ2) is 17.8. The molecule has 0 aromatic heterocycles. The van der Waals surface area contributed by atoms with E-state index in [0.717, 1.165) is 63.4 Å². The molecule has 0 saturated carbocycles. The molecule has 0 bridgehead atoms. The number of aromatic hydroxyl groups is 1. The van der Waals surface area contributed by atoms with Gasteiger partial charge in [-0.25, -0.2) is 4.79 Å². The zero-order valence-corrected chi connectivity index (χ0v) is 19.3. The summed E-state index contributed by atoms with van der Waals surface area (Å²) in [5.41, 5.74) is 0.754. The molecule has 0 unspecified atom stereocenters. The van der Waals surface area contributed by atoms with Crippen molar-refractivity contribution in [2.45, 2.75) is 83.6 Å². The van der Waals surface area contributed by atoms with Crippen molar-refractivity contribution in [3.63, 3.8) is 0 Å². The van der Waals surface area contributed by atoms with E-state index in [1.807, 2.05) is 0 Å². The van der Waals surface area contributed by atoms with E-state index in [1.165, 1.54) is 12.1 Å². The fourth-order valence-electron chi connectivity index (χ4n) is 3.24. The molecule has 5 heteroatoms. The first-order valence-electron chi connectivity index (χ1n) is 11.8. The Morgan fingerprint density at radius 3 is 2.12 bits per heavy atom. The average Bonchev–Trinajstić information content (AvgIpc) is 2.77. The summed E-state index contributed by atoms with van der Waals surface area (Å²) >= 11 is 0. The van der Waals surface area contributed by atoms with Gasteiger partial charge in [0, 0.05) is 12.8 Å². The van der Waals surface area contributed by atoms with Crippen LogP contribution in [0.4, 0.5) is 0 Å². The van der Waals surface area contributed by atoms with Gasteiger partial charge in [0.25, 0.3) is 0 Å². The Morgan fingerprint density at radius 1 is 0.875 bits per heavy atom. The summed E-state index contributed by atoms with van der Waals surface area (Å²) in [4.78, 5) is 23.5. The Labute approximate surface area is 192 Å². The summed E-state index contributed by atoms with van der Waals surface area (Å²) in [5.74, 6) is -1.15. The molecule has 5 nitrogen and oxygen atoms in total. The van der Waals surface area contributed by atoms with Gasteiger partial charge in [0.2, 0.25) is 5.91 Å². The maximum atomic E-state index is 12.1. The third-order valence-electron chi connectivity index (χ3n) is 5.06. The molecule has 0 aliphatic rings. The number of phenols is 1. The van der Waals surface area contributed by atoms with Gasteiger partial charge < -0.3 is 15.5 Å². The summed E-state index contributed by atoms with van der Waals surface area (Å²) in [6.45, 7) is 2.14. The number of rotatable bonds is 17. The quantitative estimate of drug-likeness (QED) is 0.202. The minimum absolute atomic E-state index is 0.129. The first-order chi connectivity index (χ1) is 15.5. The van der Waals surface area contributed by atoms with Crippen molar-refractivity contribution >= 4 is 11.9 Å². The van der Waals surface area contributed by atoms with E-state index in [-0.39, 0.29) is 18.1 Å². The highest BCUT2D eigenvalue weighted by atomic mass is 16.4. The molecule has 0 saturated heterocycles. The van der Waals surface area contributed by atoms with E-state index in [9.17, 15) is 19.8 Å². The lowest BCUT2D eigenvalue weighted by atomic mass is 10.0. The van der Waals surface area contributed by atoms with Crippen molar-refractivity contribution in [2.75, 3.05) is 0 Å². The number of hydrogen-bond donors (Lipinski definition) is 3. The molecular weight excluding hydrogens is 402 g/mol. The summed E-state index contributed by atoms with van der Waals surface area (Å²) < 4.78 is 0. The van der Waals surface area contributed by atoms with Crippen LogP contribution in [-0.4, -0.2) is 28.1 Å². The lowest BCUT2D eigenvalue weighted by molar-refractivity contribution is -0.141. The summed E-state index contributed by atoms with van der Waals surface area (Å²) in [5, 5.41) is 21.3. The summed E-state index contributed by atoms with van der Waals surface area (Å²) in [7, 11) is 0. The van der Waals surface area contributed by atoms with Crippen LogP contribution in [0.2, 0.25) is 0 Å². The monoisotopic (exact) mass is 441 g/mol. The lowest BCUT2D eigenvalue weighted by Gasteiger charge is -2.14. The lowest BCUT2D eigenvalue weighted by Crippen LogP contribution is -2.42. The maximum Gasteiger partial charge on any atom is 0.326 e. The SMILES string of the molecule is CC/C=C/C/C=C/C/C=C/CCCCCCCC(=O)N[C@@H](Cc1ccc(O)cc1)C(=O)O. The van der Waals surface area contributed by atoms with Gasteiger partial charge in [0.15, 0.2) is 0 Å². The second-order valence-electron chi connectivity index (χ2n) is 7.93. The van der Waals surface area contributed by atoms with Gasteiger partial charge in [-0.1, -0.05) is 74.8 Å². The largest absolute Gasteiger partial charge is 0.508 e. The van der Waals surface area contributed by atoms with Crippen LogP contribution in [0.5, 0.6) is 5.75 Å². The molecule has 0 fully saturated rings. The number of benzene rings is 1. The van der Waals surface area contributed by atoms with E-state index >= 15 is 0 Å². The minimum atomic E-state index is -1.05. The Balaban J connectivity index is 2.08. The molecule has 0 heterocycles. The van der Waals surface area contributed by atoms with Gasteiger partial charge in [-0.3, -0.25) is 4.79 Å². The average molecular weight is 442 g/mol. The van der Waals surface area contributed by atoms with Crippen LogP contribution in [0.3, 0.4) is 0 Å². The number of aliphatic carboxylic acids is 1. The van der Waals surface area contributed by atoms with Gasteiger partial charge in [0.1, 0.15) is 11.8 Å². The zero-order valence-electron chi connectivity index (χ0n) is 19.3. The Morgan fingerprint density at radius 2 is 1.47 bits per heavy atom. The van der Waals surface area contributed by atoms with E-state index in [2.05, 4.69) is 48.7 Å². The van der Waals surface area contributed by atoms with Crippen molar-refractivity contribution in [1.82, 2.24) is 5.32 Å². The molecule has 0 aliphatic heterocycles. The fourth-order valence-corrected chi connectivity index (χ4v) is 3.24. The number of unbranched alkanes of at least 4 members (excludes halogenated alkanes) is 5. The smallest absolute Gasteiger partial charge is 0.326 e. The summed E-state index contributed by atoms with van der Waals surface area (Å²) in [6.07, 6.45) is 23.0. The van der Waals surface area contributed by atoms with Crippen molar-refractivity contribution in [2.24, 2.45) is 0 Å². The van der Waals surface area contributed by atoms with Crippen LogP contribution in [0.15, 0.2) is 60.7 Å². The first kappa shape index (κ1) is 27.2. The zero-order chi connectivity index (χ0) is 23.4. The van der Waals surface area contributed by atoms with Crippen molar-refractivity contribution < 1.29 is 19.8 Å². The van der Waals surface area contributed by atoms with Gasteiger partial charge in [0.05, 0.1) is 0 Å². The molecule has 1 atom stereocenters. The molecule has 32 heavy (non-hydrogen) atoms. The van der Waals surface area contributed by atoms with E-state index in [4.69, 9.17) is 0 Å². The number of carbonyl (C=O) groups excluding carboxylic acids is 1. The molecule has 1 aromatic rings. The number of carbonyl (C=O) groups is 2. The number of allylic oxidation sites excluding steroid dienone is 6. The molecular formula is C27H39NO4. The third-order valence-corrected chi connectivity index (χ3v) is 5.06. The number of carboxylic acid groups (broad SMARTS) is 1. The standard InChI is InChI=1S/C27H39NO4/c1-2-3-4-5-6-7-8-9-10-11-12-13-14-15-16-17-26(30)28-25(27(31)32)22-23-18-20-24(29)21-19-23/h3-4,6-7,9-10,18-21,25,29H,2,5,8,11-17,22H2,1H3,(H,28,30)(H,31,32)/b4-3+,7-6+,10-9+/t25-/m0/s1. The number of amides is 1. The molecule has 1 amide bonds. The van der Waals surface area contributed by atoms with Crippen LogP contribution < -0.4 is 5.32 Å². The molecule has 176 valence electrons.